The normalized spacial score (nSPS) is 32.5. The number of halogens is 1. The van der Waals surface area contributed by atoms with Crippen LogP contribution >= 0.6 is 0 Å². The van der Waals surface area contributed by atoms with Crippen LogP contribution in [0.15, 0.2) is 0 Å². The summed E-state index contributed by atoms with van der Waals surface area (Å²) in [6, 6.07) is -0.261. The average Bonchev–Trinajstić information content (AvgIpc) is 2.47. The zero-order chi connectivity index (χ0) is 16.3. The van der Waals surface area contributed by atoms with Gasteiger partial charge in [-0.05, 0) is 51.4 Å². The predicted octanol–water partition coefficient (Wildman–Crippen LogP) is 1.53. The first kappa shape index (κ1) is 17.6. The molecule has 1 heterocycles. The lowest BCUT2D eigenvalue weighted by Crippen LogP contribution is -2.51. The van der Waals surface area contributed by atoms with Crippen LogP contribution in [0.3, 0.4) is 0 Å². The van der Waals surface area contributed by atoms with E-state index in [0.29, 0.717) is 45.1 Å². The molecule has 2 fully saturated rings. The zero-order valence-electron chi connectivity index (χ0n) is 12.9. The first-order valence-corrected chi connectivity index (χ1v) is 9.38. The van der Waals surface area contributed by atoms with Crippen LogP contribution in [0.1, 0.15) is 45.4 Å². The number of alkyl halides is 1. The number of carbonyl (C=O) groups is 1. The van der Waals surface area contributed by atoms with E-state index in [-0.39, 0.29) is 18.5 Å². The Balaban J connectivity index is 1.93. The molecule has 0 aromatic rings. The Bertz CT molecular complexity index is 491. The number of rotatable bonds is 5. The minimum atomic E-state index is -3.69. The molecule has 0 aromatic carbocycles. The van der Waals surface area contributed by atoms with Crippen molar-refractivity contribution in [2.45, 2.75) is 57.7 Å². The molecule has 1 saturated heterocycles. The molecule has 2 N–H and O–H groups in total. The third-order valence-corrected chi connectivity index (χ3v) is 6.50. The molecule has 6 nitrogen and oxygen atoms in total. The number of carboxylic acids is 1. The third kappa shape index (κ3) is 4.39. The maximum Gasteiger partial charge on any atom is 0.307 e. The van der Waals surface area contributed by atoms with E-state index in [1.54, 1.807) is 6.92 Å². The van der Waals surface area contributed by atoms with Crippen molar-refractivity contribution in [3.63, 3.8) is 0 Å². The second-order valence-corrected chi connectivity index (χ2v) is 8.16. The monoisotopic (exact) mass is 336 g/mol. The van der Waals surface area contributed by atoms with Crippen LogP contribution in [0.2, 0.25) is 0 Å². The maximum atomic E-state index is 13.2. The second kappa shape index (κ2) is 7.23. The van der Waals surface area contributed by atoms with Crippen LogP contribution in [0.25, 0.3) is 0 Å². The average molecular weight is 336 g/mol. The van der Waals surface area contributed by atoms with Crippen LogP contribution in [0.4, 0.5) is 4.39 Å². The van der Waals surface area contributed by atoms with E-state index in [1.807, 2.05) is 0 Å². The van der Waals surface area contributed by atoms with Gasteiger partial charge in [-0.15, -0.1) is 0 Å². The van der Waals surface area contributed by atoms with Crippen molar-refractivity contribution >= 4 is 16.2 Å². The molecular weight excluding hydrogens is 311 g/mol. The van der Waals surface area contributed by atoms with Gasteiger partial charge in [-0.2, -0.15) is 17.4 Å². The standard InChI is InChI=1S/C14H25FN2O4S/c1-10(11-4-6-13(15)7-5-11)16-22(20,21)17-8-2-3-12(9-17)14(18)19/h10-13,16H,2-9H2,1H3,(H,18,19). The number of carboxylic acid groups (broad SMARTS) is 1. The van der Waals surface area contributed by atoms with Gasteiger partial charge in [-0.1, -0.05) is 0 Å². The fraction of sp³-hybridized carbons (Fsp3) is 0.929. The van der Waals surface area contributed by atoms with E-state index in [4.69, 9.17) is 5.11 Å². The summed E-state index contributed by atoms with van der Waals surface area (Å²) in [6.45, 7) is 2.18. The van der Waals surface area contributed by atoms with Gasteiger partial charge in [0.15, 0.2) is 0 Å². The van der Waals surface area contributed by atoms with Crippen LogP contribution in [-0.4, -0.2) is 49.1 Å². The second-order valence-electron chi connectivity index (χ2n) is 6.46. The van der Waals surface area contributed by atoms with Gasteiger partial charge in [0.1, 0.15) is 6.17 Å². The summed E-state index contributed by atoms with van der Waals surface area (Å²) in [7, 11) is -3.69. The molecule has 0 amide bonds. The molecule has 2 aliphatic rings. The molecule has 22 heavy (non-hydrogen) atoms. The highest BCUT2D eigenvalue weighted by molar-refractivity contribution is 7.87. The minimum absolute atomic E-state index is 0.0224. The highest BCUT2D eigenvalue weighted by Crippen LogP contribution is 2.29. The molecule has 2 atom stereocenters. The molecule has 2 unspecified atom stereocenters. The van der Waals surface area contributed by atoms with Gasteiger partial charge in [-0.25, -0.2) is 4.39 Å². The quantitative estimate of drug-likeness (QED) is 0.797. The van der Waals surface area contributed by atoms with Crippen molar-refractivity contribution in [2.75, 3.05) is 13.1 Å². The first-order chi connectivity index (χ1) is 10.3. The van der Waals surface area contributed by atoms with E-state index >= 15 is 0 Å². The van der Waals surface area contributed by atoms with E-state index in [1.165, 1.54) is 4.31 Å². The van der Waals surface area contributed by atoms with Crippen molar-refractivity contribution in [3.05, 3.63) is 0 Å². The number of aliphatic carboxylic acids is 1. The Kier molecular flexibility index (Phi) is 5.79. The Hall–Kier alpha value is -0.730. The van der Waals surface area contributed by atoms with Gasteiger partial charge in [0.25, 0.3) is 10.2 Å². The lowest BCUT2D eigenvalue weighted by Gasteiger charge is -2.34. The predicted molar refractivity (Wildman–Crippen MR) is 80.3 cm³/mol. The summed E-state index contributed by atoms with van der Waals surface area (Å²) >= 11 is 0. The molecule has 1 saturated carbocycles. The van der Waals surface area contributed by atoms with Gasteiger partial charge in [0.2, 0.25) is 0 Å². The summed E-state index contributed by atoms with van der Waals surface area (Å²) in [5.41, 5.74) is 0. The molecule has 1 aliphatic heterocycles. The zero-order valence-corrected chi connectivity index (χ0v) is 13.7. The van der Waals surface area contributed by atoms with Gasteiger partial charge < -0.3 is 5.11 Å². The molecule has 2 rings (SSSR count). The van der Waals surface area contributed by atoms with Crippen molar-refractivity contribution in [1.82, 2.24) is 9.03 Å². The topological polar surface area (TPSA) is 86.7 Å². The summed E-state index contributed by atoms with van der Waals surface area (Å²) in [5, 5.41) is 9.05. The lowest BCUT2D eigenvalue weighted by atomic mass is 9.84. The van der Waals surface area contributed by atoms with E-state index in [2.05, 4.69) is 4.72 Å². The first-order valence-electron chi connectivity index (χ1n) is 7.94. The number of nitrogens with zero attached hydrogens (tertiary/aromatic N) is 1. The van der Waals surface area contributed by atoms with E-state index in [9.17, 15) is 17.6 Å². The smallest absolute Gasteiger partial charge is 0.307 e. The summed E-state index contributed by atoms with van der Waals surface area (Å²) < 4.78 is 41.9. The molecule has 0 aromatic heterocycles. The van der Waals surface area contributed by atoms with Crippen molar-refractivity contribution < 1.29 is 22.7 Å². The molecule has 1 aliphatic carbocycles. The Morgan fingerprint density at radius 2 is 1.91 bits per heavy atom. The Labute approximate surface area is 131 Å². The number of nitrogens with one attached hydrogen (secondary N) is 1. The Morgan fingerprint density at radius 1 is 1.27 bits per heavy atom. The van der Waals surface area contributed by atoms with Crippen LogP contribution < -0.4 is 4.72 Å². The van der Waals surface area contributed by atoms with Crippen molar-refractivity contribution in [2.24, 2.45) is 11.8 Å². The fourth-order valence-corrected chi connectivity index (χ4v) is 4.90. The van der Waals surface area contributed by atoms with Crippen LogP contribution in [-0.2, 0) is 15.0 Å². The Morgan fingerprint density at radius 3 is 2.50 bits per heavy atom. The molecule has 0 spiro atoms. The number of hydrogen-bond acceptors (Lipinski definition) is 3. The van der Waals surface area contributed by atoms with Crippen LogP contribution in [0, 0.1) is 11.8 Å². The third-order valence-electron chi connectivity index (χ3n) is 4.82. The van der Waals surface area contributed by atoms with E-state index < -0.39 is 28.3 Å². The summed E-state index contributed by atoms with van der Waals surface area (Å²) in [4.78, 5) is 11.0. The van der Waals surface area contributed by atoms with Gasteiger partial charge in [-0.3, -0.25) is 4.79 Å². The summed E-state index contributed by atoms with van der Waals surface area (Å²) in [6.07, 6.45) is 2.64. The highest BCUT2D eigenvalue weighted by atomic mass is 32.2. The summed E-state index contributed by atoms with van der Waals surface area (Å²) in [5.74, 6) is -1.45. The van der Waals surface area contributed by atoms with Crippen molar-refractivity contribution in [1.29, 1.82) is 0 Å². The molecule has 8 heteroatoms. The molecular formula is C14H25FN2O4S. The largest absolute Gasteiger partial charge is 0.481 e. The minimum Gasteiger partial charge on any atom is -0.481 e. The number of piperidine rings is 1. The van der Waals surface area contributed by atoms with Crippen LogP contribution in [0.5, 0.6) is 0 Å². The number of hydrogen-bond donors (Lipinski definition) is 2. The maximum absolute atomic E-state index is 13.2. The van der Waals surface area contributed by atoms with E-state index in [0.717, 1.165) is 0 Å². The van der Waals surface area contributed by atoms with Gasteiger partial charge >= 0.3 is 5.97 Å². The molecule has 0 bridgehead atoms. The molecule has 128 valence electrons. The van der Waals surface area contributed by atoms with Gasteiger partial charge in [0.05, 0.1) is 5.92 Å². The lowest BCUT2D eigenvalue weighted by molar-refractivity contribution is -0.142. The highest BCUT2D eigenvalue weighted by Gasteiger charge is 2.34. The SMILES string of the molecule is CC(NS(=O)(=O)N1CCCC(C(=O)O)C1)C1CCC(F)CC1. The van der Waals surface area contributed by atoms with Crippen molar-refractivity contribution in [3.8, 4) is 0 Å². The fourth-order valence-electron chi connectivity index (χ4n) is 3.35. The van der Waals surface area contributed by atoms with Gasteiger partial charge in [0, 0.05) is 19.1 Å². The molecule has 0 radical (unpaired) electrons.